The van der Waals surface area contributed by atoms with Crippen molar-refractivity contribution in [3.63, 3.8) is 0 Å². The molecule has 2 aliphatic carbocycles. The van der Waals surface area contributed by atoms with Crippen LogP contribution in [0.15, 0.2) is 48.5 Å². The molecule has 0 spiro atoms. The van der Waals surface area contributed by atoms with Gasteiger partial charge in [-0.2, -0.15) is 0 Å². The first-order valence-corrected chi connectivity index (χ1v) is 10.4. The lowest BCUT2D eigenvalue weighted by Crippen LogP contribution is -2.40. The molecule has 2 bridgehead atoms. The molecule has 1 N–H and O–H groups in total. The lowest BCUT2D eigenvalue weighted by Gasteiger charge is -2.27. The maximum Gasteiger partial charge on any atom is 0.310 e. The average molecular weight is 442 g/mol. The molecule has 0 unspecified atom stereocenters. The molecule has 6 atom stereocenters. The number of esters is 1. The number of benzene rings is 2. The maximum atomic E-state index is 12.9. The third kappa shape index (κ3) is 2.82. The summed E-state index contributed by atoms with van der Waals surface area (Å²) in [6, 6.07) is 15.1. The van der Waals surface area contributed by atoms with Crippen molar-refractivity contribution in [1.82, 2.24) is 0 Å². The summed E-state index contributed by atoms with van der Waals surface area (Å²) in [5, 5.41) is 2.97. The first kappa shape index (κ1) is 17.7. The first-order valence-electron chi connectivity index (χ1n) is 9.51. The summed E-state index contributed by atoms with van der Waals surface area (Å²) in [5.74, 6) is 0.829. The van der Waals surface area contributed by atoms with Gasteiger partial charge in [0.25, 0.3) is 0 Å². The minimum atomic E-state index is -0.330. The molecule has 2 saturated carbocycles. The van der Waals surface area contributed by atoms with Crippen molar-refractivity contribution in [1.29, 1.82) is 0 Å². The van der Waals surface area contributed by atoms with E-state index in [9.17, 15) is 9.59 Å². The Bertz CT molecular complexity index is 927. The summed E-state index contributed by atoms with van der Waals surface area (Å²) in [7, 11) is 0. The molecule has 3 aliphatic rings. The lowest BCUT2D eigenvalue weighted by molar-refractivity contribution is -0.145. The van der Waals surface area contributed by atoms with E-state index in [1.54, 1.807) is 0 Å². The number of nitrogens with one attached hydrogen (secondary N) is 1. The Morgan fingerprint density at radius 3 is 2.39 bits per heavy atom. The Kier molecular flexibility index (Phi) is 4.19. The van der Waals surface area contributed by atoms with Crippen LogP contribution in [-0.4, -0.2) is 22.8 Å². The number of halogens is 1. The summed E-state index contributed by atoms with van der Waals surface area (Å²) >= 11 is 3.64. The minimum absolute atomic E-state index is 0.0650. The van der Waals surface area contributed by atoms with Crippen molar-refractivity contribution in [2.45, 2.75) is 24.3 Å². The zero-order chi connectivity index (χ0) is 19.4. The van der Waals surface area contributed by atoms with Gasteiger partial charge in [-0.05, 0) is 55.7 Å². The van der Waals surface area contributed by atoms with Gasteiger partial charge in [0.1, 0.15) is 17.6 Å². The standard InChI is InChI=1S/C22H20BrNO4/c1-11-2-6-13(7-3-11)27-14-8-4-12(5-9-14)24-21(25)17-15-10-16-18(17)22(26)28-20(16)19(15)23/h2-9,15-20H,10H2,1H3,(H,24,25)/t15-,16-,17-,18-,19-,20+/m1/s1. The van der Waals surface area contributed by atoms with E-state index in [-0.39, 0.29) is 46.5 Å². The van der Waals surface area contributed by atoms with E-state index in [2.05, 4.69) is 21.2 Å². The van der Waals surface area contributed by atoms with Crippen LogP contribution in [0, 0.1) is 30.6 Å². The molecule has 3 fully saturated rings. The van der Waals surface area contributed by atoms with Gasteiger partial charge in [0.2, 0.25) is 5.91 Å². The van der Waals surface area contributed by atoms with E-state index in [1.807, 2.05) is 55.5 Å². The van der Waals surface area contributed by atoms with E-state index in [0.717, 1.165) is 12.2 Å². The third-order valence-electron chi connectivity index (χ3n) is 6.20. The summed E-state index contributed by atoms with van der Waals surface area (Å²) in [4.78, 5) is 25.2. The van der Waals surface area contributed by atoms with Gasteiger partial charge in [-0.3, -0.25) is 9.59 Å². The van der Waals surface area contributed by atoms with E-state index < -0.39 is 0 Å². The van der Waals surface area contributed by atoms with Crippen molar-refractivity contribution in [2.75, 3.05) is 5.32 Å². The Morgan fingerprint density at radius 1 is 1.07 bits per heavy atom. The average Bonchev–Trinajstić information content (AvgIpc) is 3.29. The van der Waals surface area contributed by atoms with Crippen LogP contribution in [-0.2, 0) is 14.3 Å². The Labute approximate surface area is 171 Å². The van der Waals surface area contributed by atoms with Crippen molar-refractivity contribution < 1.29 is 19.1 Å². The molecule has 5 rings (SSSR count). The van der Waals surface area contributed by atoms with Gasteiger partial charge in [-0.25, -0.2) is 0 Å². The summed E-state index contributed by atoms with van der Waals surface area (Å²) in [5.41, 5.74) is 1.87. The zero-order valence-electron chi connectivity index (χ0n) is 15.3. The smallest absolute Gasteiger partial charge is 0.310 e. The number of anilines is 1. The number of fused-ring (bicyclic) bond motifs is 1. The van der Waals surface area contributed by atoms with E-state index >= 15 is 0 Å². The second-order valence-corrected chi connectivity index (χ2v) is 8.95. The molecule has 2 aromatic rings. The predicted molar refractivity (Wildman–Crippen MR) is 107 cm³/mol. The van der Waals surface area contributed by atoms with Gasteiger partial charge in [-0.1, -0.05) is 33.6 Å². The second-order valence-electron chi connectivity index (χ2n) is 7.89. The highest BCUT2D eigenvalue weighted by Gasteiger charge is 2.67. The fourth-order valence-corrected chi connectivity index (χ4v) is 5.95. The first-order chi connectivity index (χ1) is 13.5. The monoisotopic (exact) mass is 441 g/mol. The van der Waals surface area contributed by atoms with Crippen molar-refractivity contribution in [3.8, 4) is 11.5 Å². The van der Waals surface area contributed by atoms with Crippen molar-refractivity contribution in [3.05, 3.63) is 54.1 Å². The number of hydrogen-bond donors (Lipinski definition) is 1. The van der Waals surface area contributed by atoms with Crippen LogP contribution < -0.4 is 10.1 Å². The molecule has 1 saturated heterocycles. The number of amides is 1. The van der Waals surface area contributed by atoms with Crippen LogP contribution in [0.4, 0.5) is 5.69 Å². The fourth-order valence-electron chi connectivity index (χ4n) is 4.90. The Hall–Kier alpha value is -2.34. The number of alkyl halides is 1. The quantitative estimate of drug-likeness (QED) is 0.567. The topological polar surface area (TPSA) is 64.6 Å². The SMILES string of the molecule is Cc1ccc(Oc2ccc(NC(=O)[C@@H]3[C@H]4C[C@H]5[C@H](OC(=O)[C@H]53)[C@@H]4Br)cc2)cc1. The van der Waals surface area contributed by atoms with Crippen LogP contribution in [0.3, 0.4) is 0 Å². The van der Waals surface area contributed by atoms with Gasteiger partial charge in [0.15, 0.2) is 0 Å². The van der Waals surface area contributed by atoms with E-state index in [0.29, 0.717) is 11.4 Å². The van der Waals surface area contributed by atoms with E-state index in [4.69, 9.17) is 9.47 Å². The van der Waals surface area contributed by atoms with Crippen molar-refractivity contribution >= 4 is 33.5 Å². The van der Waals surface area contributed by atoms with Crippen LogP contribution in [0.1, 0.15) is 12.0 Å². The molecular formula is C22H20BrNO4. The second kappa shape index (κ2) is 6.62. The molecule has 28 heavy (non-hydrogen) atoms. The van der Waals surface area contributed by atoms with Crippen LogP contribution >= 0.6 is 15.9 Å². The number of ether oxygens (including phenoxy) is 2. The molecule has 1 aliphatic heterocycles. The molecule has 5 nitrogen and oxygen atoms in total. The largest absolute Gasteiger partial charge is 0.461 e. The number of carbonyl (C=O) groups is 2. The minimum Gasteiger partial charge on any atom is -0.461 e. The Balaban J connectivity index is 1.27. The summed E-state index contributed by atoms with van der Waals surface area (Å²) in [6.45, 7) is 2.03. The van der Waals surface area contributed by atoms with Gasteiger partial charge in [0.05, 0.1) is 16.7 Å². The molecule has 6 heteroatoms. The predicted octanol–water partition coefficient (Wildman–Crippen LogP) is 4.30. The highest BCUT2D eigenvalue weighted by Crippen LogP contribution is 2.60. The van der Waals surface area contributed by atoms with Gasteiger partial charge < -0.3 is 14.8 Å². The number of hydrogen-bond acceptors (Lipinski definition) is 4. The molecule has 2 aromatic carbocycles. The molecule has 144 valence electrons. The number of aryl methyl sites for hydroxylation is 1. The number of carbonyl (C=O) groups excluding carboxylic acids is 2. The van der Waals surface area contributed by atoms with Gasteiger partial charge >= 0.3 is 5.97 Å². The van der Waals surface area contributed by atoms with Gasteiger partial charge in [0, 0.05) is 11.6 Å². The van der Waals surface area contributed by atoms with Gasteiger partial charge in [-0.15, -0.1) is 0 Å². The highest BCUT2D eigenvalue weighted by atomic mass is 79.9. The molecule has 0 aromatic heterocycles. The summed E-state index contributed by atoms with van der Waals surface area (Å²) < 4.78 is 11.3. The Morgan fingerprint density at radius 2 is 1.71 bits per heavy atom. The summed E-state index contributed by atoms with van der Waals surface area (Å²) in [6.07, 6.45) is 0.808. The molecular weight excluding hydrogens is 422 g/mol. The molecule has 1 amide bonds. The van der Waals surface area contributed by atoms with Crippen LogP contribution in [0.5, 0.6) is 11.5 Å². The number of rotatable bonds is 4. The lowest BCUT2D eigenvalue weighted by atomic mass is 9.79. The highest BCUT2D eigenvalue weighted by molar-refractivity contribution is 9.09. The maximum absolute atomic E-state index is 12.9. The third-order valence-corrected chi connectivity index (χ3v) is 7.40. The van der Waals surface area contributed by atoms with Crippen LogP contribution in [0.25, 0.3) is 0 Å². The van der Waals surface area contributed by atoms with Crippen molar-refractivity contribution in [2.24, 2.45) is 23.7 Å². The van der Waals surface area contributed by atoms with E-state index in [1.165, 1.54) is 5.56 Å². The van der Waals surface area contributed by atoms with Crippen LogP contribution in [0.2, 0.25) is 0 Å². The normalized spacial score (nSPS) is 32.3. The molecule has 0 radical (unpaired) electrons. The fraction of sp³-hybridized carbons (Fsp3) is 0.364. The zero-order valence-corrected chi connectivity index (χ0v) is 16.9. The molecule has 1 heterocycles.